The molecule has 36 heavy (non-hydrogen) atoms. The van der Waals surface area contributed by atoms with E-state index >= 15 is 0 Å². The average molecular weight is 489 g/mol. The molecule has 4 rings (SSSR count). The number of hydrogen-bond donors (Lipinski definition) is 1. The van der Waals surface area contributed by atoms with Crippen LogP contribution >= 0.6 is 0 Å². The SMILES string of the molecule is CCc1ccc(OCCCN2C(=O)COc3ccc(NC(=O)COc4ccc(CC)cc4)cc32)cc1. The fraction of sp³-hybridized carbons (Fsp3) is 0.310. The molecule has 0 spiro atoms. The lowest BCUT2D eigenvalue weighted by Gasteiger charge is -2.30. The third-order valence-electron chi connectivity index (χ3n) is 6.01. The van der Waals surface area contributed by atoms with Gasteiger partial charge in [-0.25, -0.2) is 0 Å². The second-order valence-electron chi connectivity index (χ2n) is 8.55. The van der Waals surface area contributed by atoms with Gasteiger partial charge in [-0.1, -0.05) is 38.1 Å². The molecule has 0 saturated carbocycles. The number of benzene rings is 3. The van der Waals surface area contributed by atoms with E-state index < -0.39 is 0 Å². The minimum Gasteiger partial charge on any atom is -0.494 e. The first-order chi connectivity index (χ1) is 17.6. The molecule has 3 aromatic rings. The minimum absolute atomic E-state index is 0.0112. The molecule has 7 nitrogen and oxygen atoms in total. The Morgan fingerprint density at radius 2 is 1.56 bits per heavy atom. The fourth-order valence-electron chi connectivity index (χ4n) is 3.93. The average Bonchev–Trinajstić information content (AvgIpc) is 2.91. The van der Waals surface area contributed by atoms with Gasteiger partial charge in [0.05, 0.1) is 12.3 Å². The molecule has 0 bridgehead atoms. The molecule has 0 saturated heterocycles. The Bertz CT molecular complexity index is 1180. The predicted octanol–water partition coefficient (Wildman–Crippen LogP) is 5.02. The summed E-state index contributed by atoms with van der Waals surface area (Å²) in [5, 5.41) is 2.84. The molecule has 1 aliphatic rings. The molecular formula is C29H32N2O5. The van der Waals surface area contributed by atoms with E-state index in [0.717, 1.165) is 18.6 Å². The highest BCUT2D eigenvalue weighted by atomic mass is 16.5. The van der Waals surface area contributed by atoms with Crippen LogP contribution in [0.4, 0.5) is 11.4 Å². The standard InChI is InChI=1S/C29H32N2O5/c1-3-21-6-11-24(12-7-21)34-17-5-16-31-26-18-23(10-15-27(26)36-20-29(31)33)30-28(32)19-35-25-13-8-22(4-2)9-14-25/h6-15,18H,3-5,16-17,19-20H2,1-2H3,(H,30,32). The van der Waals surface area contributed by atoms with Crippen molar-refractivity contribution in [2.75, 3.05) is 36.6 Å². The second-order valence-corrected chi connectivity index (χ2v) is 8.55. The van der Waals surface area contributed by atoms with Crippen molar-refractivity contribution in [2.45, 2.75) is 33.1 Å². The summed E-state index contributed by atoms with van der Waals surface area (Å²) in [6.45, 7) is 5.04. The Labute approximate surface area is 212 Å². The number of anilines is 2. The number of carbonyl (C=O) groups is 2. The van der Waals surface area contributed by atoms with Crippen LogP contribution in [0.25, 0.3) is 0 Å². The van der Waals surface area contributed by atoms with Crippen LogP contribution in [0.2, 0.25) is 0 Å². The highest BCUT2D eigenvalue weighted by Crippen LogP contribution is 2.34. The van der Waals surface area contributed by atoms with Gasteiger partial charge in [-0.3, -0.25) is 9.59 Å². The van der Waals surface area contributed by atoms with E-state index in [0.29, 0.717) is 42.4 Å². The number of carbonyl (C=O) groups excluding carboxylic acids is 2. The molecule has 3 aromatic carbocycles. The van der Waals surface area contributed by atoms with Crippen molar-refractivity contribution >= 4 is 23.2 Å². The largest absolute Gasteiger partial charge is 0.494 e. The van der Waals surface area contributed by atoms with Gasteiger partial charge in [0, 0.05) is 12.2 Å². The van der Waals surface area contributed by atoms with Gasteiger partial charge in [0.1, 0.15) is 17.2 Å². The molecular weight excluding hydrogens is 456 g/mol. The second kappa shape index (κ2) is 12.1. The fourth-order valence-corrected chi connectivity index (χ4v) is 3.93. The summed E-state index contributed by atoms with van der Waals surface area (Å²) < 4.78 is 17.0. The van der Waals surface area contributed by atoms with E-state index in [-0.39, 0.29) is 25.0 Å². The first-order valence-electron chi connectivity index (χ1n) is 12.4. The molecule has 0 fully saturated rings. The number of nitrogens with zero attached hydrogens (tertiary/aromatic N) is 1. The molecule has 0 unspecified atom stereocenters. The smallest absolute Gasteiger partial charge is 0.265 e. The Hall–Kier alpha value is -4.00. The van der Waals surface area contributed by atoms with Crippen molar-refractivity contribution in [3.8, 4) is 17.2 Å². The number of fused-ring (bicyclic) bond motifs is 1. The molecule has 0 radical (unpaired) electrons. The van der Waals surface area contributed by atoms with Gasteiger partial charge in [-0.2, -0.15) is 0 Å². The van der Waals surface area contributed by atoms with Crippen molar-refractivity contribution in [1.82, 2.24) is 0 Å². The Morgan fingerprint density at radius 1 is 0.917 bits per heavy atom. The normalized spacial score (nSPS) is 12.5. The van der Waals surface area contributed by atoms with Gasteiger partial charge in [0.2, 0.25) is 0 Å². The van der Waals surface area contributed by atoms with Gasteiger partial charge in [0.15, 0.2) is 13.2 Å². The maximum Gasteiger partial charge on any atom is 0.265 e. The van der Waals surface area contributed by atoms with Crippen molar-refractivity contribution in [3.05, 3.63) is 77.9 Å². The van der Waals surface area contributed by atoms with E-state index in [1.54, 1.807) is 23.1 Å². The van der Waals surface area contributed by atoms with Gasteiger partial charge < -0.3 is 24.4 Å². The van der Waals surface area contributed by atoms with E-state index in [4.69, 9.17) is 14.2 Å². The van der Waals surface area contributed by atoms with Crippen molar-refractivity contribution in [1.29, 1.82) is 0 Å². The number of ether oxygens (including phenoxy) is 3. The van der Waals surface area contributed by atoms with E-state index in [1.807, 2.05) is 36.4 Å². The molecule has 0 aliphatic carbocycles. The van der Waals surface area contributed by atoms with Crippen LogP contribution in [0.1, 0.15) is 31.4 Å². The van der Waals surface area contributed by atoms with Crippen LogP contribution in [-0.4, -0.2) is 38.2 Å². The van der Waals surface area contributed by atoms with Gasteiger partial charge in [0.25, 0.3) is 11.8 Å². The van der Waals surface area contributed by atoms with Gasteiger partial charge in [-0.15, -0.1) is 0 Å². The third kappa shape index (κ3) is 6.56. The lowest BCUT2D eigenvalue weighted by Crippen LogP contribution is -2.39. The van der Waals surface area contributed by atoms with Crippen LogP contribution in [-0.2, 0) is 22.4 Å². The highest BCUT2D eigenvalue weighted by Gasteiger charge is 2.25. The minimum atomic E-state index is -0.286. The summed E-state index contributed by atoms with van der Waals surface area (Å²) in [5.41, 5.74) is 3.67. The molecule has 1 aliphatic heterocycles. The molecule has 188 valence electrons. The lowest BCUT2D eigenvalue weighted by atomic mass is 10.2. The summed E-state index contributed by atoms with van der Waals surface area (Å²) in [6.07, 6.45) is 2.59. The van der Waals surface area contributed by atoms with E-state index in [2.05, 4.69) is 31.3 Å². The Balaban J connectivity index is 1.32. The number of rotatable bonds is 11. The van der Waals surface area contributed by atoms with E-state index in [9.17, 15) is 9.59 Å². The third-order valence-corrected chi connectivity index (χ3v) is 6.01. The zero-order valence-electron chi connectivity index (χ0n) is 20.8. The van der Waals surface area contributed by atoms with Crippen LogP contribution in [0.15, 0.2) is 66.7 Å². The van der Waals surface area contributed by atoms with E-state index in [1.165, 1.54) is 11.1 Å². The van der Waals surface area contributed by atoms with Crippen LogP contribution in [0.3, 0.4) is 0 Å². The first-order valence-corrected chi connectivity index (χ1v) is 12.4. The molecule has 1 heterocycles. The van der Waals surface area contributed by atoms with Crippen LogP contribution < -0.4 is 24.4 Å². The maximum atomic E-state index is 12.6. The molecule has 2 amide bonds. The zero-order valence-corrected chi connectivity index (χ0v) is 20.8. The lowest BCUT2D eigenvalue weighted by molar-refractivity contribution is -0.121. The Kier molecular flexibility index (Phi) is 8.44. The van der Waals surface area contributed by atoms with Gasteiger partial charge in [-0.05, 0) is 72.9 Å². The molecule has 0 aromatic heterocycles. The van der Waals surface area contributed by atoms with Crippen molar-refractivity contribution < 1.29 is 23.8 Å². The topological polar surface area (TPSA) is 77.1 Å². The van der Waals surface area contributed by atoms with Gasteiger partial charge >= 0.3 is 0 Å². The molecule has 7 heteroatoms. The highest BCUT2D eigenvalue weighted by molar-refractivity contribution is 5.99. The summed E-state index contributed by atoms with van der Waals surface area (Å²) in [6, 6.07) is 21.0. The number of nitrogens with one attached hydrogen (secondary N) is 1. The zero-order chi connectivity index (χ0) is 25.3. The van der Waals surface area contributed by atoms with Crippen molar-refractivity contribution in [3.63, 3.8) is 0 Å². The molecule has 1 N–H and O–H groups in total. The Morgan fingerprint density at radius 3 is 2.19 bits per heavy atom. The monoisotopic (exact) mass is 488 g/mol. The maximum absolute atomic E-state index is 12.6. The molecule has 0 atom stereocenters. The predicted molar refractivity (Wildman–Crippen MR) is 140 cm³/mol. The van der Waals surface area contributed by atoms with Crippen LogP contribution in [0.5, 0.6) is 17.2 Å². The van der Waals surface area contributed by atoms with Crippen molar-refractivity contribution in [2.24, 2.45) is 0 Å². The number of amides is 2. The summed E-state index contributed by atoms with van der Waals surface area (Å²) in [4.78, 5) is 26.7. The quantitative estimate of drug-likeness (QED) is 0.384. The number of hydrogen-bond acceptors (Lipinski definition) is 5. The number of aryl methyl sites for hydroxylation is 2. The van der Waals surface area contributed by atoms with Crippen LogP contribution in [0, 0.1) is 0 Å². The summed E-state index contributed by atoms with van der Waals surface area (Å²) in [5.74, 6) is 1.65. The summed E-state index contributed by atoms with van der Waals surface area (Å²) in [7, 11) is 0. The summed E-state index contributed by atoms with van der Waals surface area (Å²) >= 11 is 0. The first kappa shape index (κ1) is 25.1.